The molecule has 2 rings (SSSR count). The van der Waals surface area contributed by atoms with Gasteiger partial charge in [0.2, 0.25) is 0 Å². The molecule has 1 heterocycles. The van der Waals surface area contributed by atoms with E-state index in [0.717, 1.165) is 17.1 Å². The van der Waals surface area contributed by atoms with E-state index in [4.69, 9.17) is 0 Å². The molecular formula is C15H21N3. The molecule has 1 aromatic heterocycles. The van der Waals surface area contributed by atoms with Crippen molar-refractivity contribution in [3.05, 3.63) is 46.3 Å². The number of H-pyrrole nitrogens is 1. The van der Waals surface area contributed by atoms with Crippen LogP contribution in [0.5, 0.6) is 0 Å². The molecule has 3 heteroatoms. The van der Waals surface area contributed by atoms with Gasteiger partial charge >= 0.3 is 0 Å². The molecule has 1 atom stereocenters. The highest BCUT2D eigenvalue weighted by Gasteiger charge is 2.12. The molecule has 2 aromatic rings. The van der Waals surface area contributed by atoms with Crippen LogP contribution in [-0.4, -0.2) is 10.2 Å². The summed E-state index contributed by atoms with van der Waals surface area (Å²) in [5.74, 6) is 0. The van der Waals surface area contributed by atoms with E-state index in [2.05, 4.69) is 54.5 Å². The number of aromatic nitrogens is 2. The molecule has 0 saturated carbocycles. The summed E-state index contributed by atoms with van der Waals surface area (Å²) in [7, 11) is 0. The molecule has 0 aliphatic carbocycles. The van der Waals surface area contributed by atoms with Gasteiger partial charge in [-0.05, 0) is 45.7 Å². The number of hydrogen-bond acceptors (Lipinski definition) is 2. The number of benzene rings is 1. The van der Waals surface area contributed by atoms with Crippen molar-refractivity contribution in [2.24, 2.45) is 0 Å². The van der Waals surface area contributed by atoms with Gasteiger partial charge in [-0.25, -0.2) is 0 Å². The Bertz CT molecular complexity index is 535. The Morgan fingerprint density at radius 3 is 2.44 bits per heavy atom. The monoisotopic (exact) mass is 243 g/mol. The van der Waals surface area contributed by atoms with Gasteiger partial charge < -0.3 is 5.32 Å². The van der Waals surface area contributed by atoms with E-state index in [1.165, 1.54) is 16.7 Å². The molecule has 2 N–H and O–H groups in total. The molecule has 0 bridgehead atoms. The lowest BCUT2D eigenvalue weighted by Gasteiger charge is -2.18. The zero-order chi connectivity index (χ0) is 13.3. The Hall–Kier alpha value is -1.77. The maximum atomic E-state index is 4.21. The lowest BCUT2D eigenvalue weighted by molar-refractivity contribution is 0.869. The first-order valence-corrected chi connectivity index (χ1v) is 6.34. The van der Waals surface area contributed by atoms with Crippen LogP contribution in [-0.2, 0) is 0 Å². The normalized spacial score (nSPS) is 12.5. The van der Waals surface area contributed by atoms with Gasteiger partial charge in [0.1, 0.15) is 0 Å². The number of rotatable bonds is 3. The fourth-order valence-electron chi connectivity index (χ4n) is 2.37. The highest BCUT2D eigenvalue weighted by molar-refractivity contribution is 5.53. The molecule has 1 aromatic carbocycles. The molecule has 0 radical (unpaired) electrons. The summed E-state index contributed by atoms with van der Waals surface area (Å²) in [5, 5.41) is 10.8. The molecule has 1 unspecified atom stereocenters. The van der Waals surface area contributed by atoms with E-state index >= 15 is 0 Å². The lowest BCUT2D eigenvalue weighted by Crippen LogP contribution is -2.09. The molecule has 96 valence electrons. The van der Waals surface area contributed by atoms with Crippen LogP contribution in [0, 0.1) is 27.7 Å². The number of nitrogens with zero attached hydrogens (tertiary/aromatic N) is 1. The Kier molecular flexibility index (Phi) is 3.41. The summed E-state index contributed by atoms with van der Waals surface area (Å²) < 4.78 is 0. The molecule has 0 fully saturated rings. The Morgan fingerprint density at radius 1 is 1.17 bits per heavy atom. The first-order valence-electron chi connectivity index (χ1n) is 6.34. The van der Waals surface area contributed by atoms with Crippen LogP contribution >= 0.6 is 0 Å². The molecule has 3 nitrogen and oxygen atoms in total. The second-order valence-corrected chi connectivity index (χ2v) is 5.04. The van der Waals surface area contributed by atoms with E-state index in [0.29, 0.717) is 0 Å². The average Bonchev–Trinajstić information content (AvgIpc) is 2.60. The third kappa shape index (κ3) is 2.40. The van der Waals surface area contributed by atoms with Crippen LogP contribution in [0.1, 0.15) is 41.0 Å². The van der Waals surface area contributed by atoms with Crippen LogP contribution in [0.3, 0.4) is 0 Å². The Morgan fingerprint density at radius 2 is 1.89 bits per heavy atom. The van der Waals surface area contributed by atoms with Crippen LogP contribution in [0.2, 0.25) is 0 Å². The van der Waals surface area contributed by atoms with Crippen LogP contribution in [0.25, 0.3) is 0 Å². The standard InChI is InChI=1S/C15H21N3/c1-9-6-7-14(10(2)8-9)11(3)16-15-12(4)17-18-13(15)5/h6-8,11,16H,1-5H3,(H,17,18). The quantitative estimate of drug-likeness (QED) is 0.860. The van der Waals surface area contributed by atoms with E-state index in [-0.39, 0.29) is 6.04 Å². The first kappa shape index (κ1) is 12.7. The molecule has 0 aliphatic heterocycles. The molecule has 18 heavy (non-hydrogen) atoms. The lowest BCUT2D eigenvalue weighted by atomic mass is 10.00. The fourth-order valence-corrected chi connectivity index (χ4v) is 2.37. The van der Waals surface area contributed by atoms with Crippen molar-refractivity contribution in [2.75, 3.05) is 5.32 Å². The van der Waals surface area contributed by atoms with Crippen molar-refractivity contribution in [3.8, 4) is 0 Å². The van der Waals surface area contributed by atoms with Gasteiger partial charge in [0.05, 0.1) is 17.1 Å². The summed E-state index contributed by atoms with van der Waals surface area (Å²) in [6, 6.07) is 6.87. The molecule has 0 amide bonds. The van der Waals surface area contributed by atoms with E-state index < -0.39 is 0 Å². The van der Waals surface area contributed by atoms with Crippen molar-refractivity contribution in [2.45, 2.75) is 40.7 Å². The number of hydrogen-bond donors (Lipinski definition) is 2. The second-order valence-electron chi connectivity index (χ2n) is 5.04. The zero-order valence-corrected chi connectivity index (χ0v) is 11.8. The first-order chi connectivity index (χ1) is 8.49. The van der Waals surface area contributed by atoms with Crippen molar-refractivity contribution in [1.29, 1.82) is 0 Å². The fraction of sp³-hybridized carbons (Fsp3) is 0.400. The molecular weight excluding hydrogens is 222 g/mol. The summed E-state index contributed by atoms with van der Waals surface area (Å²) in [6.45, 7) is 10.5. The van der Waals surface area contributed by atoms with Crippen molar-refractivity contribution >= 4 is 5.69 Å². The van der Waals surface area contributed by atoms with Gasteiger partial charge in [-0.15, -0.1) is 0 Å². The maximum absolute atomic E-state index is 4.21. The SMILES string of the molecule is Cc1ccc(C(C)Nc2c(C)n[nH]c2C)c(C)c1. The van der Waals surface area contributed by atoms with Crippen LogP contribution in [0.4, 0.5) is 5.69 Å². The van der Waals surface area contributed by atoms with Gasteiger partial charge in [0, 0.05) is 6.04 Å². The largest absolute Gasteiger partial charge is 0.376 e. The van der Waals surface area contributed by atoms with Gasteiger partial charge in [-0.1, -0.05) is 23.8 Å². The summed E-state index contributed by atoms with van der Waals surface area (Å²) in [6.07, 6.45) is 0. The maximum Gasteiger partial charge on any atom is 0.0825 e. The van der Waals surface area contributed by atoms with E-state index in [1.54, 1.807) is 0 Å². The zero-order valence-electron chi connectivity index (χ0n) is 11.8. The van der Waals surface area contributed by atoms with Crippen molar-refractivity contribution < 1.29 is 0 Å². The van der Waals surface area contributed by atoms with Crippen LogP contribution in [0.15, 0.2) is 18.2 Å². The second kappa shape index (κ2) is 4.84. The number of nitrogens with one attached hydrogen (secondary N) is 2. The Labute approximate surface area is 109 Å². The third-order valence-corrected chi connectivity index (χ3v) is 3.38. The topological polar surface area (TPSA) is 40.7 Å². The minimum absolute atomic E-state index is 0.278. The average molecular weight is 243 g/mol. The predicted molar refractivity (Wildman–Crippen MR) is 76.0 cm³/mol. The highest BCUT2D eigenvalue weighted by atomic mass is 15.2. The number of anilines is 1. The number of aryl methyl sites for hydroxylation is 4. The summed E-state index contributed by atoms with van der Waals surface area (Å²) >= 11 is 0. The minimum atomic E-state index is 0.278. The molecule has 0 spiro atoms. The molecule has 0 saturated heterocycles. The van der Waals surface area contributed by atoms with Crippen molar-refractivity contribution in [3.63, 3.8) is 0 Å². The van der Waals surface area contributed by atoms with Gasteiger partial charge in [-0.3, -0.25) is 5.10 Å². The predicted octanol–water partition coefficient (Wildman–Crippen LogP) is 3.82. The minimum Gasteiger partial charge on any atom is -0.376 e. The van der Waals surface area contributed by atoms with Crippen molar-refractivity contribution in [1.82, 2.24) is 10.2 Å². The van der Waals surface area contributed by atoms with E-state index in [9.17, 15) is 0 Å². The number of aromatic amines is 1. The highest BCUT2D eigenvalue weighted by Crippen LogP contribution is 2.25. The van der Waals surface area contributed by atoms with Crippen LogP contribution < -0.4 is 5.32 Å². The summed E-state index contributed by atoms with van der Waals surface area (Å²) in [4.78, 5) is 0. The van der Waals surface area contributed by atoms with Gasteiger partial charge in [0.25, 0.3) is 0 Å². The van der Waals surface area contributed by atoms with E-state index in [1.807, 2.05) is 13.8 Å². The Balaban J connectivity index is 2.24. The van der Waals surface area contributed by atoms with Gasteiger partial charge in [0.15, 0.2) is 0 Å². The molecule has 0 aliphatic rings. The smallest absolute Gasteiger partial charge is 0.0825 e. The summed E-state index contributed by atoms with van der Waals surface area (Å²) in [5.41, 5.74) is 7.18. The van der Waals surface area contributed by atoms with Gasteiger partial charge in [-0.2, -0.15) is 5.10 Å². The third-order valence-electron chi connectivity index (χ3n) is 3.38.